The third-order valence-electron chi connectivity index (χ3n) is 6.53. The summed E-state index contributed by atoms with van der Waals surface area (Å²) in [5.74, 6) is 0.643. The molecule has 0 aliphatic carbocycles. The van der Waals surface area contributed by atoms with Crippen molar-refractivity contribution in [1.82, 2.24) is 0 Å². The number of benzene rings is 1. The lowest BCUT2D eigenvalue weighted by atomic mass is 9.86. The number of ether oxygens (including phenoxy) is 1. The van der Waals surface area contributed by atoms with Gasteiger partial charge in [-0.1, -0.05) is 39.8 Å². The van der Waals surface area contributed by atoms with E-state index in [1.807, 2.05) is 65.1 Å². The Balaban J connectivity index is 2.42. The number of anilines is 1. The van der Waals surface area contributed by atoms with Gasteiger partial charge in [-0.2, -0.15) is 0 Å². The average molecular weight is 482 g/mol. The van der Waals surface area contributed by atoms with Gasteiger partial charge in [-0.25, -0.2) is 4.99 Å². The summed E-state index contributed by atoms with van der Waals surface area (Å²) in [5.41, 5.74) is 2.54. The van der Waals surface area contributed by atoms with Crippen LogP contribution in [-0.4, -0.2) is 29.4 Å². The molecule has 192 valence electrons. The molecule has 1 aromatic carbocycles. The maximum absolute atomic E-state index is 13.3. The van der Waals surface area contributed by atoms with Crippen molar-refractivity contribution in [3.63, 3.8) is 0 Å². The van der Waals surface area contributed by atoms with Gasteiger partial charge in [-0.15, -0.1) is 0 Å². The van der Waals surface area contributed by atoms with E-state index in [2.05, 4.69) is 20.8 Å². The second kappa shape index (κ2) is 12.3. The molecule has 1 heterocycles. The van der Waals surface area contributed by atoms with Crippen molar-refractivity contribution in [2.75, 3.05) is 4.90 Å². The Morgan fingerprint density at radius 2 is 1.91 bits per heavy atom. The first-order valence-electron chi connectivity index (χ1n) is 12.9. The van der Waals surface area contributed by atoms with E-state index in [1.165, 1.54) is 0 Å². The maximum Gasteiger partial charge on any atom is 0.306 e. The van der Waals surface area contributed by atoms with E-state index in [0.29, 0.717) is 30.8 Å². The summed E-state index contributed by atoms with van der Waals surface area (Å²) >= 11 is 0. The Morgan fingerprint density at radius 1 is 1.23 bits per heavy atom. The van der Waals surface area contributed by atoms with Gasteiger partial charge < -0.3 is 10.1 Å². The fraction of sp³-hybridized carbons (Fsp3) is 0.586. The van der Waals surface area contributed by atoms with Crippen LogP contribution in [0.4, 0.5) is 5.69 Å². The molecule has 6 heteroatoms. The molecule has 6 nitrogen and oxygen atoms in total. The van der Waals surface area contributed by atoms with Gasteiger partial charge in [0.2, 0.25) is 5.91 Å². The molecule has 1 aromatic rings. The van der Waals surface area contributed by atoms with Crippen LogP contribution in [0.1, 0.15) is 99.0 Å². The van der Waals surface area contributed by atoms with E-state index in [9.17, 15) is 9.59 Å². The second-order valence-electron chi connectivity index (χ2n) is 10.7. The Labute approximate surface area is 211 Å². The zero-order valence-electron chi connectivity index (χ0n) is 22.8. The first-order chi connectivity index (χ1) is 16.4. The van der Waals surface area contributed by atoms with Gasteiger partial charge in [0, 0.05) is 30.3 Å². The number of carbonyl (C=O) groups is 2. The summed E-state index contributed by atoms with van der Waals surface area (Å²) in [7, 11) is 0. The lowest BCUT2D eigenvalue weighted by Gasteiger charge is -2.27. The number of hydrogen-bond acceptors (Lipinski definition) is 5. The number of rotatable bonds is 9. The summed E-state index contributed by atoms with van der Waals surface area (Å²) in [6.07, 6.45) is 4.87. The van der Waals surface area contributed by atoms with Crippen molar-refractivity contribution in [3.8, 4) is 0 Å². The molecule has 0 fully saturated rings. The van der Waals surface area contributed by atoms with Crippen LogP contribution in [0.3, 0.4) is 0 Å². The minimum atomic E-state index is -0.505. The SMILES string of the molecule is CCCC(=O)N(C1=C(C)C(=N)CC(CC)C=N1)c1cccc(C(C)C(C)CC(=O)OC(C)(C)C)c1. The van der Waals surface area contributed by atoms with Gasteiger partial charge >= 0.3 is 5.97 Å². The van der Waals surface area contributed by atoms with Crippen LogP contribution in [0.2, 0.25) is 0 Å². The van der Waals surface area contributed by atoms with Gasteiger partial charge in [0.25, 0.3) is 0 Å². The number of nitrogens with one attached hydrogen (secondary N) is 1. The van der Waals surface area contributed by atoms with Crippen molar-refractivity contribution < 1.29 is 14.3 Å². The Hall–Kier alpha value is -2.76. The van der Waals surface area contributed by atoms with Gasteiger partial charge in [0.15, 0.2) is 0 Å². The predicted octanol–water partition coefficient (Wildman–Crippen LogP) is 7.04. The predicted molar refractivity (Wildman–Crippen MR) is 144 cm³/mol. The van der Waals surface area contributed by atoms with Crippen LogP contribution in [-0.2, 0) is 14.3 Å². The van der Waals surface area contributed by atoms with Gasteiger partial charge in [-0.3, -0.25) is 14.5 Å². The lowest BCUT2D eigenvalue weighted by molar-refractivity contribution is -0.156. The molecule has 0 spiro atoms. The van der Waals surface area contributed by atoms with Crippen molar-refractivity contribution >= 4 is 29.5 Å². The normalized spacial score (nSPS) is 18.2. The zero-order valence-corrected chi connectivity index (χ0v) is 22.8. The van der Waals surface area contributed by atoms with E-state index in [1.54, 1.807) is 4.90 Å². The van der Waals surface area contributed by atoms with E-state index in [0.717, 1.165) is 29.7 Å². The second-order valence-corrected chi connectivity index (χ2v) is 10.7. The zero-order chi connectivity index (χ0) is 26.3. The lowest BCUT2D eigenvalue weighted by Crippen LogP contribution is -2.31. The molecule has 3 unspecified atom stereocenters. The molecule has 1 aliphatic heterocycles. The summed E-state index contributed by atoms with van der Waals surface area (Å²) in [4.78, 5) is 32.1. The fourth-order valence-corrected chi connectivity index (χ4v) is 4.16. The number of esters is 1. The first-order valence-corrected chi connectivity index (χ1v) is 12.9. The van der Waals surface area contributed by atoms with Crippen LogP contribution < -0.4 is 4.90 Å². The highest BCUT2D eigenvalue weighted by Crippen LogP contribution is 2.33. The fourth-order valence-electron chi connectivity index (χ4n) is 4.16. The van der Waals surface area contributed by atoms with Gasteiger partial charge in [0.05, 0.1) is 5.69 Å². The molecule has 1 amide bonds. The molecule has 0 saturated heterocycles. The molecule has 2 rings (SSSR count). The highest BCUT2D eigenvalue weighted by molar-refractivity contribution is 6.04. The minimum absolute atomic E-state index is 0.0339. The van der Waals surface area contributed by atoms with Crippen LogP contribution >= 0.6 is 0 Å². The maximum atomic E-state index is 13.3. The van der Waals surface area contributed by atoms with Crippen LogP contribution in [0.5, 0.6) is 0 Å². The number of allylic oxidation sites excluding steroid dienone is 1. The van der Waals surface area contributed by atoms with Crippen molar-refractivity contribution in [2.24, 2.45) is 16.8 Å². The topological polar surface area (TPSA) is 82.8 Å². The van der Waals surface area contributed by atoms with Crippen molar-refractivity contribution in [3.05, 3.63) is 41.2 Å². The molecule has 0 aromatic heterocycles. The molecule has 35 heavy (non-hydrogen) atoms. The molecule has 3 atom stereocenters. The molecule has 1 N–H and O–H groups in total. The summed E-state index contributed by atoms with van der Waals surface area (Å²) in [6, 6.07) is 7.93. The van der Waals surface area contributed by atoms with Gasteiger partial charge in [-0.05, 0) is 82.4 Å². The van der Waals surface area contributed by atoms with Crippen molar-refractivity contribution in [2.45, 2.75) is 99.0 Å². The van der Waals surface area contributed by atoms with E-state index < -0.39 is 5.60 Å². The highest BCUT2D eigenvalue weighted by Gasteiger charge is 2.27. The van der Waals surface area contributed by atoms with E-state index >= 15 is 0 Å². The summed E-state index contributed by atoms with van der Waals surface area (Å²) in [6.45, 7) is 15.7. The quantitative estimate of drug-likeness (QED) is 0.384. The van der Waals surface area contributed by atoms with Crippen LogP contribution in [0, 0.1) is 17.2 Å². The molecular weight excluding hydrogens is 438 g/mol. The standard InChI is InChI=1S/C29H43N3O3/c1-9-12-26(33)32(28-21(5)25(30)16-22(10-2)18-31-28)24-14-11-13-23(17-24)20(4)19(3)15-27(34)35-29(6,7)8/h11,13-14,17-20,22,30H,9-10,12,15-16H2,1-8H3. The molecule has 0 bridgehead atoms. The largest absolute Gasteiger partial charge is 0.460 e. The van der Waals surface area contributed by atoms with Gasteiger partial charge in [0.1, 0.15) is 11.4 Å². The highest BCUT2D eigenvalue weighted by atomic mass is 16.6. The smallest absolute Gasteiger partial charge is 0.306 e. The third kappa shape index (κ3) is 7.87. The molecule has 0 saturated carbocycles. The Bertz CT molecular complexity index is 987. The van der Waals surface area contributed by atoms with E-state index in [4.69, 9.17) is 15.1 Å². The average Bonchev–Trinajstić information content (AvgIpc) is 2.91. The van der Waals surface area contributed by atoms with Crippen molar-refractivity contribution in [1.29, 1.82) is 5.41 Å². The third-order valence-corrected chi connectivity index (χ3v) is 6.53. The minimum Gasteiger partial charge on any atom is -0.460 e. The molecule has 0 radical (unpaired) electrons. The number of hydrogen-bond donors (Lipinski definition) is 1. The summed E-state index contributed by atoms with van der Waals surface area (Å²) in [5, 5.41) is 8.57. The summed E-state index contributed by atoms with van der Waals surface area (Å²) < 4.78 is 5.51. The van der Waals surface area contributed by atoms with Crippen LogP contribution in [0.15, 0.2) is 40.7 Å². The molecular formula is C29H43N3O3. The Morgan fingerprint density at radius 3 is 2.51 bits per heavy atom. The Kier molecular flexibility index (Phi) is 9.99. The van der Waals surface area contributed by atoms with E-state index in [-0.39, 0.29) is 29.6 Å². The van der Waals surface area contributed by atoms with Crippen LogP contribution in [0.25, 0.3) is 0 Å². The number of aliphatic imine (C=N–C) groups is 1. The first kappa shape index (κ1) is 28.5. The number of amides is 1. The number of carbonyl (C=O) groups excluding carboxylic acids is 2. The monoisotopic (exact) mass is 481 g/mol. The number of nitrogens with zero attached hydrogens (tertiary/aromatic N) is 2. The molecule has 1 aliphatic rings.